The van der Waals surface area contributed by atoms with Gasteiger partial charge in [-0.1, -0.05) is 31.5 Å². The largest absolute Gasteiger partial charge is 0.352 e. The van der Waals surface area contributed by atoms with Crippen LogP contribution in [-0.4, -0.2) is 26.9 Å². The third-order valence-electron chi connectivity index (χ3n) is 5.08. The quantitative estimate of drug-likeness (QED) is 0.799. The van der Waals surface area contributed by atoms with Crippen LogP contribution in [0.15, 0.2) is 47.4 Å². The Hall–Kier alpha value is -2.34. The Morgan fingerprint density at radius 2 is 1.86 bits per heavy atom. The fraction of sp³-hybridized carbons (Fsp3) is 0.409. The Morgan fingerprint density at radius 3 is 2.50 bits per heavy atom. The van der Waals surface area contributed by atoms with Crippen molar-refractivity contribution in [2.75, 3.05) is 10.8 Å². The second-order valence-electron chi connectivity index (χ2n) is 7.95. The van der Waals surface area contributed by atoms with Gasteiger partial charge in [-0.15, -0.1) is 0 Å². The summed E-state index contributed by atoms with van der Waals surface area (Å²) in [5.41, 5.74) is 3.14. The zero-order valence-corrected chi connectivity index (χ0v) is 17.7. The molecule has 28 heavy (non-hydrogen) atoms. The fourth-order valence-electron chi connectivity index (χ4n) is 3.51. The van der Waals surface area contributed by atoms with Crippen molar-refractivity contribution in [2.45, 2.75) is 51.5 Å². The van der Waals surface area contributed by atoms with E-state index in [1.807, 2.05) is 19.9 Å². The van der Waals surface area contributed by atoms with E-state index in [-0.39, 0.29) is 16.8 Å². The number of fused-ring (bicyclic) bond motifs is 1. The Labute approximate surface area is 167 Å². The van der Waals surface area contributed by atoms with E-state index in [1.54, 1.807) is 36.4 Å². The molecule has 0 aromatic heterocycles. The first kappa shape index (κ1) is 20.4. The van der Waals surface area contributed by atoms with Crippen molar-refractivity contribution >= 4 is 21.6 Å². The van der Waals surface area contributed by atoms with Gasteiger partial charge in [0.1, 0.15) is 0 Å². The lowest BCUT2D eigenvalue weighted by Crippen LogP contribution is -2.35. The predicted molar refractivity (Wildman–Crippen MR) is 112 cm³/mol. The minimum absolute atomic E-state index is 0.115. The molecule has 0 unspecified atom stereocenters. The highest BCUT2D eigenvalue weighted by Crippen LogP contribution is 2.37. The van der Waals surface area contributed by atoms with E-state index in [9.17, 15) is 13.2 Å². The maximum Gasteiger partial charge on any atom is 0.264 e. The topological polar surface area (TPSA) is 66.5 Å². The van der Waals surface area contributed by atoms with Crippen LogP contribution in [0.2, 0.25) is 0 Å². The average Bonchev–Trinajstić information content (AvgIpc) is 2.97. The van der Waals surface area contributed by atoms with Gasteiger partial charge in [-0.25, -0.2) is 8.42 Å². The number of rotatable bonds is 6. The van der Waals surface area contributed by atoms with Crippen molar-refractivity contribution in [3.05, 3.63) is 59.2 Å². The molecule has 6 heteroatoms. The second-order valence-corrected chi connectivity index (χ2v) is 9.76. The van der Waals surface area contributed by atoms with Gasteiger partial charge in [0, 0.05) is 18.2 Å². The van der Waals surface area contributed by atoms with Crippen LogP contribution in [0.5, 0.6) is 0 Å². The summed E-state index contributed by atoms with van der Waals surface area (Å²) in [4.78, 5) is 12.7. The van der Waals surface area contributed by atoms with Crippen LogP contribution in [0.4, 0.5) is 5.69 Å². The molecule has 0 saturated heterocycles. The molecule has 1 aliphatic heterocycles. The summed E-state index contributed by atoms with van der Waals surface area (Å²) in [6.07, 6.45) is 1.52. The number of anilines is 1. The molecule has 1 heterocycles. The summed E-state index contributed by atoms with van der Waals surface area (Å²) in [5, 5.41) is 2.93. The second kappa shape index (κ2) is 7.95. The number of aryl methyl sites for hydroxylation is 1. The predicted octanol–water partition coefficient (Wildman–Crippen LogP) is 3.91. The molecule has 2 aromatic rings. The highest BCUT2D eigenvalue weighted by atomic mass is 32.2. The lowest BCUT2D eigenvalue weighted by atomic mass is 10.1. The molecule has 1 atom stereocenters. The standard InChI is InChI=1S/C22H28N2O3S/c1-15(2)11-12-23-22(25)18-7-10-21-19(14-18)13-17(4)24(21)28(26,27)20-8-5-16(3)6-9-20/h5-10,14-15,17H,11-13H2,1-4H3,(H,23,25)/t17-/m0/s1. The number of nitrogens with one attached hydrogen (secondary N) is 1. The molecule has 5 nitrogen and oxygen atoms in total. The van der Waals surface area contributed by atoms with Gasteiger partial charge in [-0.05, 0) is 68.5 Å². The van der Waals surface area contributed by atoms with Crippen LogP contribution in [0.25, 0.3) is 0 Å². The van der Waals surface area contributed by atoms with Crippen molar-refractivity contribution in [1.82, 2.24) is 5.32 Å². The van der Waals surface area contributed by atoms with E-state index in [1.165, 1.54) is 4.31 Å². The minimum atomic E-state index is -3.64. The van der Waals surface area contributed by atoms with E-state index >= 15 is 0 Å². The van der Waals surface area contributed by atoms with E-state index in [0.717, 1.165) is 17.5 Å². The first-order valence-corrected chi connectivity index (χ1v) is 11.2. The highest BCUT2D eigenvalue weighted by molar-refractivity contribution is 7.92. The zero-order valence-electron chi connectivity index (χ0n) is 16.9. The summed E-state index contributed by atoms with van der Waals surface area (Å²) in [7, 11) is -3.64. The van der Waals surface area contributed by atoms with Crippen molar-refractivity contribution in [2.24, 2.45) is 5.92 Å². The van der Waals surface area contributed by atoms with Gasteiger partial charge in [-0.2, -0.15) is 0 Å². The van der Waals surface area contributed by atoms with Crippen molar-refractivity contribution in [3.8, 4) is 0 Å². The van der Waals surface area contributed by atoms with Crippen molar-refractivity contribution < 1.29 is 13.2 Å². The molecule has 1 amide bonds. The molecule has 1 aliphatic rings. The highest BCUT2D eigenvalue weighted by Gasteiger charge is 2.36. The first-order valence-electron chi connectivity index (χ1n) is 9.72. The molecule has 1 N–H and O–H groups in total. The SMILES string of the molecule is Cc1ccc(S(=O)(=O)N2c3ccc(C(=O)NCCC(C)C)cc3C[C@@H]2C)cc1. The lowest BCUT2D eigenvalue weighted by Gasteiger charge is -2.24. The molecule has 0 bridgehead atoms. The maximum absolute atomic E-state index is 13.2. The Balaban J connectivity index is 1.85. The van der Waals surface area contributed by atoms with Gasteiger partial charge in [0.05, 0.1) is 10.6 Å². The molecule has 0 aliphatic carbocycles. The van der Waals surface area contributed by atoms with E-state index in [4.69, 9.17) is 0 Å². The molecule has 2 aromatic carbocycles. The molecular weight excluding hydrogens is 372 g/mol. The molecule has 0 fully saturated rings. The first-order chi connectivity index (χ1) is 13.2. The molecule has 0 spiro atoms. The minimum Gasteiger partial charge on any atom is -0.352 e. The fourth-order valence-corrected chi connectivity index (χ4v) is 5.20. The number of carbonyl (C=O) groups is 1. The molecule has 0 radical (unpaired) electrons. The number of hydrogen-bond acceptors (Lipinski definition) is 3. The van der Waals surface area contributed by atoms with E-state index in [0.29, 0.717) is 30.1 Å². The third-order valence-corrected chi connectivity index (χ3v) is 7.02. The summed E-state index contributed by atoms with van der Waals surface area (Å²) >= 11 is 0. The Bertz CT molecular complexity index is 966. The smallest absolute Gasteiger partial charge is 0.264 e. The van der Waals surface area contributed by atoms with Gasteiger partial charge in [0.25, 0.3) is 15.9 Å². The number of hydrogen-bond donors (Lipinski definition) is 1. The van der Waals surface area contributed by atoms with Gasteiger partial charge >= 0.3 is 0 Å². The maximum atomic E-state index is 13.2. The van der Waals surface area contributed by atoms with Gasteiger partial charge < -0.3 is 5.32 Å². The number of carbonyl (C=O) groups excluding carboxylic acids is 1. The normalized spacial score (nSPS) is 16.3. The summed E-state index contributed by atoms with van der Waals surface area (Å²) < 4.78 is 27.9. The van der Waals surface area contributed by atoms with Gasteiger partial charge in [-0.3, -0.25) is 9.10 Å². The number of nitrogens with zero attached hydrogens (tertiary/aromatic N) is 1. The monoisotopic (exact) mass is 400 g/mol. The number of sulfonamides is 1. The van der Waals surface area contributed by atoms with Crippen LogP contribution < -0.4 is 9.62 Å². The van der Waals surface area contributed by atoms with Crippen LogP contribution in [0.1, 0.15) is 48.7 Å². The van der Waals surface area contributed by atoms with E-state index in [2.05, 4.69) is 19.2 Å². The Kier molecular flexibility index (Phi) is 5.79. The number of benzene rings is 2. The van der Waals surface area contributed by atoms with Crippen molar-refractivity contribution in [1.29, 1.82) is 0 Å². The summed E-state index contributed by atoms with van der Waals surface area (Å²) in [6.45, 7) is 8.70. The molecule has 150 valence electrons. The Morgan fingerprint density at radius 1 is 1.18 bits per heavy atom. The molecule has 3 rings (SSSR count). The summed E-state index contributed by atoms with van der Waals surface area (Å²) in [6, 6.07) is 12.0. The average molecular weight is 401 g/mol. The molecule has 0 saturated carbocycles. The van der Waals surface area contributed by atoms with Crippen LogP contribution in [0.3, 0.4) is 0 Å². The summed E-state index contributed by atoms with van der Waals surface area (Å²) in [5.74, 6) is 0.414. The number of amides is 1. The zero-order chi connectivity index (χ0) is 20.5. The van der Waals surface area contributed by atoms with Gasteiger partial charge in [0.15, 0.2) is 0 Å². The lowest BCUT2D eigenvalue weighted by molar-refractivity contribution is 0.0952. The van der Waals surface area contributed by atoms with Crippen LogP contribution in [-0.2, 0) is 16.4 Å². The van der Waals surface area contributed by atoms with Gasteiger partial charge in [0.2, 0.25) is 0 Å². The molecular formula is C22H28N2O3S. The van der Waals surface area contributed by atoms with E-state index < -0.39 is 10.0 Å². The van der Waals surface area contributed by atoms with Crippen LogP contribution >= 0.6 is 0 Å². The van der Waals surface area contributed by atoms with Crippen molar-refractivity contribution in [3.63, 3.8) is 0 Å². The van der Waals surface area contributed by atoms with Crippen LogP contribution in [0, 0.1) is 12.8 Å². The third kappa shape index (κ3) is 4.07.